The van der Waals surface area contributed by atoms with Crippen LogP contribution in [0.3, 0.4) is 0 Å². The summed E-state index contributed by atoms with van der Waals surface area (Å²) < 4.78 is 5.63. The summed E-state index contributed by atoms with van der Waals surface area (Å²) in [7, 11) is 11.6. The fourth-order valence-electron chi connectivity index (χ4n) is 7.11. The van der Waals surface area contributed by atoms with Crippen LogP contribution in [0.2, 0.25) is 0 Å². The molecule has 0 atom stereocenters. The van der Waals surface area contributed by atoms with Gasteiger partial charge in [-0.05, 0) is 86.7 Å². The van der Waals surface area contributed by atoms with E-state index in [1.807, 2.05) is 12.3 Å². The minimum absolute atomic E-state index is 0.167. The molecule has 1 N–H and O–H groups in total. The van der Waals surface area contributed by atoms with Crippen LogP contribution in [-0.4, -0.2) is 24.5 Å². The molecular formula is C24H33Cl2NO2Zr. The number of benzene rings is 1. The van der Waals surface area contributed by atoms with E-state index in [2.05, 4.69) is 6.07 Å². The Morgan fingerprint density at radius 2 is 1.60 bits per heavy atom. The third kappa shape index (κ3) is 4.97. The summed E-state index contributed by atoms with van der Waals surface area (Å²) in [5.41, 5.74) is 2.16. The van der Waals surface area contributed by atoms with Crippen molar-refractivity contribution in [1.29, 1.82) is 0 Å². The third-order valence-electron chi connectivity index (χ3n) is 7.96. The van der Waals surface area contributed by atoms with E-state index in [0.717, 1.165) is 34.6 Å². The number of hydrogen-bond donors (Lipinski definition) is 1. The molecule has 0 heterocycles. The molecule has 3 nitrogen and oxygen atoms in total. The van der Waals surface area contributed by atoms with Crippen molar-refractivity contribution >= 4 is 23.2 Å². The van der Waals surface area contributed by atoms with Gasteiger partial charge in [0.1, 0.15) is 11.5 Å². The van der Waals surface area contributed by atoms with Crippen molar-refractivity contribution in [2.24, 2.45) is 22.7 Å². The van der Waals surface area contributed by atoms with Gasteiger partial charge in [0.05, 0.1) is 7.11 Å². The van der Waals surface area contributed by atoms with Crippen LogP contribution in [0.1, 0.15) is 81.8 Å². The molecule has 6 rings (SSSR count). The van der Waals surface area contributed by atoms with E-state index in [1.54, 1.807) is 7.11 Å². The van der Waals surface area contributed by atoms with Gasteiger partial charge >= 0.3 is 37.9 Å². The second-order valence-electron chi connectivity index (χ2n) is 9.95. The fourth-order valence-corrected chi connectivity index (χ4v) is 7.11. The van der Waals surface area contributed by atoms with E-state index in [1.165, 1.54) is 70.6 Å². The number of phenols is 1. The number of ether oxygens (including phenoxy) is 1. The molecule has 5 fully saturated rings. The molecule has 5 saturated carbocycles. The van der Waals surface area contributed by atoms with Gasteiger partial charge in [0.25, 0.3) is 0 Å². The number of aliphatic imine (C=N–C) groups is 1. The predicted octanol–water partition coefficient (Wildman–Crippen LogP) is 7.00. The van der Waals surface area contributed by atoms with E-state index in [0.29, 0.717) is 11.8 Å². The quantitative estimate of drug-likeness (QED) is 0.427. The third-order valence-corrected chi connectivity index (χ3v) is 7.96. The van der Waals surface area contributed by atoms with Crippen LogP contribution in [0.4, 0.5) is 0 Å². The van der Waals surface area contributed by atoms with Crippen molar-refractivity contribution in [3.8, 4) is 11.5 Å². The average molecular weight is 530 g/mol. The molecule has 0 spiro atoms. The Labute approximate surface area is 199 Å². The van der Waals surface area contributed by atoms with Crippen LogP contribution < -0.4 is 4.74 Å². The zero-order valence-corrected chi connectivity index (χ0v) is 21.8. The van der Waals surface area contributed by atoms with Gasteiger partial charge < -0.3 is 9.84 Å². The molecule has 0 unspecified atom stereocenters. The van der Waals surface area contributed by atoms with Crippen molar-refractivity contribution in [2.75, 3.05) is 7.11 Å². The van der Waals surface area contributed by atoms with E-state index in [9.17, 15) is 5.11 Å². The molecule has 0 aliphatic heterocycles. The first-order chi connectivity index (χ1) is 14.6. The van der Waals surface area contributed by atoms with Gasteiger partial charge in [-0.3, -0.25) is 4.99 Å². The maximum atomic E-state index is 11.3. The van der Waals surface area contributed by atoms with Gasteiger partial charge in [0.15, 0.2) is 0 Å². The van der Waals surface area contributed by atoms with Crippen LogP contribution in [0, 0.1) is 17.8 Å². The summed E-state index contributed by atoms with van der Waals surface area (Å²) in [5, 5.41) is 11.3. The molecular weight excluding hydrogens is 496 g/mol. The molecule has 30 heavy (non-hydrogen) atoms. The predicted molar refractivity (Wildman–Crippen MR) is 121 cm³/mol. The summed E-state index contributed by atoms with van der Waals surface area (Å²) in [4.78, 5) is 4.84. The van der Waals surface area contributed by atoms with E-state index >= 15 is 0 Å². The molecule has 6 heteroatoms. The number of nitrogens with zero attached hydrogens (tertiary/aromatic N) is 1. The van der Waals surface area contributed by atoms with Gasteiger partial charge in [-0.15, -0.1) is 0 Å². The normalized spacial score (nSPS) is 32.7. The summed E-state index contributed by atoms with van der Waals surface area (Å²) >= 11 is -0.826. The van der Waals surface area contributed by atoms with Crippen LogP contribution in [-0.2, 0) is 26.3 Å². The first-order valence-electron chi connectivity index (χ1n) is 11.5. The maximum absolute atomic E-state index is 11.3. The standard InChI is InChI=1S/C24H33NO2.2ClH.Zr/c1-27-21-10-19(15-25-20-5-3-2-4-6-20)23(26)22(11-21)24-12-16-7-17(13-24)9-18(8-16)14-24;;;/h10-11,15-18,20,26H,2-9,12-14H2,1H3;2*1H;/q;;;+2/p-2. The summed E-state index contributed by atoms with van der Waals surface area (Å²) in [5.74, 6) is 3.92. The molecule has 0 saturated heterocycles. The van der Waals surface area contributed by atoms with Gasteiger partial charge in [-0.2, -0.15) is 0 Å². The fraction of sp³-hybridized carbons (Fsp3) is 0.708. The van der Waals surface area contributed by atoms with Gasteiger partial charge in [0, 0.05) is 23.4 Å². The minimum atomic E-state index is -0.826. The molecule has 0 radical (unpaired) electrons. The van der Waals surface area contributed by atoms with Gasteiger partial charge in [-0.1, -0.05) is 19.3 Å². The Hall–Kier alpha value is -0.0469. The molecule has 1 aromatic rings. The number of methoxy groups -OCH3 is 1. The van der Waals surface area contributed by atoms with Crippen molar-refractivity contribution in [3.05, 3.63) is 23.3 Å². The molecule has 164 valence electrons. The monoisotopic (exact) mass is 527 g/mol. The molecule has 0 aromatic heterocycles. The second-order valence-corrected chi connectivity index (χ2v) is 13.7. The second kappa shape index (κ2) is 10.3. The SMILES string of the molecule is COc1cc(C=NC2CCCCC2)c(O)c(C23CC4CC(CC(C4)C2)C3)c1.[Cl][Zr][Cl]. The zero-order chi connectivity index (χ0) is 21.1. The van der Waals surface area contributed by atoms with E-state index in [-0.39, 0.29) is 5.41 Å². The van der Waals surface area contributed by atoms with Gasteiger partial charge in [0.2, 0.25) is 0 Å². The van der Waals surface area contributed by atoms with Crippen LogP contribution >= 0.6 is 17.0 Å². The molecule has 4 bridgehead atoms. The van der Waals surface area contributed by atoms with Crippen molar-refractivity contribution < 1.29 is 30.7 Å². The number of aromatic hydroxyl groups is 1. The van der Waals surface area contributed by atoms with Gasteiger partial charge in [-0.25, -0.2) is 0 Å². The number of phenolic OH excluding ortho intramolecular Hbond substituents is 1. The Bertz CT molecular complexity index is 729. The van der Waals surface area contributed by atoms with Crippen LogP contribution in [0.25, 0.3) is 0 Å². The zero-order valence-electron chi connectivity index (χ0n) is 17.9. The van der Waals surface area contributed by atoms with Crippen molar-refractivity contribution in [3.63, 3.8) is 0 Å². The van der Waals surface area contributed by atoms with Crippen molar-refractivity contribution in [1.82, 2.24) is 0 Å². The first kappa shape index (κ1) is 23.1. The Morgan fingerprint density at radius 3 is 2.13 bits per heavy atom. The summed E-state index contributed by atoms with van der Waals surface area (Å²) in [6, 6.07) is 4.51. The Morgan fingerprint density at radius 1 is 1.03 bits per heavy atom. The van der Waals surface area contributed by atoms with E-state index < -0.39 is 20.8 Å². The molecule has 5 aliphatic carbocycles. The Kier molecular flexibility index (Phi) is 7.91. The summed E-state index contributed by atoms with van der Waals surface area (Å²) in [6.07, 6.45) is 16.2. The number of halogens is 2. The average Bonchev–Trinajstić information content (AvgIpc) is 2.73. The van der Waals surface area contributed by atoms with E-state index in [4.69, 9.17) is 26.8 Å². The number of hydrogen-bond acceptors (Lipinski definition) is 3. The number of rotatable bonds is 4. The molecule has 1 aromatic carbocycles. The van der Waals surface area contributed by atoms with Crippen molar-refractivity contribution in [2.45, 2.75) is 82.1 Å². The first-order valence-corrected chi connectivity index (χ1v) is 17.8. The molecule has 5 aliphatic rings. The topological polar surface area (TPSA) is 41.8 Å². The summed E-state index contributed by atoms with van der Waals surface area (Å²) in [6.45, 7) is 0. The van der Waals surface area contributed by atoms with Crippen LogP contribution in [0.15, 0.2) is 17.1 Å². The Balaban J connectivity index is 0.000000687. The molecule has 0 amide bonds. The van der Waals surface area contributed by atoms with Crippen LogP contribution in [0.5, 0.6) is 11.5 Å².